The molecule has 0 spiro atoms. The van der Waals surface area contributed by atoms with E-state index in [4.69, 9.17) is 4.74 Å². The topological polar surface area (TPSA) is 81.9 Å². The number of aryl methyl sites for hydroxylation is 2. The van der Waals surface area contributed by atoms with E-state index in [1.807, 2.05) is 12.1 Å². The highest BCUT2D eigenvalue weighted by molar-refractivity contribution is 5.89. The van der Waals surface area contributed by atoms with Gasteiger partial charge in [0.25, 0.3) is 0 Å². The van der Waals surface area contributed by atoms with Crippen LogP contribution in [-0.2, 0) is 10.3 Å². The average molecular weight is 434 g/mol. The van der Waals surface area contributed by atoms with E-state index in [0.29, 0.717) is 18.1 Å². The molecule has 7 heteroatoms. The molecule has 2 aromatic carbocycles. The number of tetrazole rings is 1. The smallest absolute Gasteiger partial charge is 0.338 e. The summed E-state index contributed by atoms with van der Waals surface area (Å²) in [6.07, 6.45) is 4.10. The molecule has 1 N–H and O–H groups in total. The fourth-order valence-corrected chi connectivity index (χ4v) is 4.60. The number of carbonyl (C=O) groups excluding carboxylic acids is 1. The number of hydrogen-bond donors (Lipinski definition) is 1. The van der Waals surface area contributed by atoms with Gasteiger partial charge in [-0.2, -0.15) is 4.68 Å². The Balaban J connectivity index is 1.71. The second-order valence-corrected chi connectivity index (χ2v) is 8.95. The molecule has 0 unspecified atom stereocenters. The molecule has 0 atom stereocenters. The predicted octanol–water partition coefficient (Wildman–Crippen LogP) is 4.97. The Kier molecular flexibility index (Phi) is 6.26. The van der Waals surface area contributed by atoms with E-state index in [0.717, 1.165) is 42.9 Å². The summed E-state index contributed by atoms with van der Waals surface area (Å²) in [6, 6.07) is 13.8. The molecular formula is C25H31N5O2. The first-order valence-electron chi connectivity index (χ1n) is 11.3. The second kappa shape index (κ2) is 9.10. The van der Waals surface area contributed by atoms with E-state index in [2.05, 4.69) is 59.8 Å². The molecule has 1 heterocycles. The molecule has 32 heavy (non-hydrogen) atoms. The minimum Gasteiger partial charge on any atom is -0.462 e. The van der Waals surface area contributed by atoms with Crippen LogP contribution in [0.5, 0.6) is 0 Å². The highest BCUT2D eigenvalue weighted by Crippen LogP contribution is 2.41. The molecule has 0 saturated heterocycles. The molecule has 7 nitrogen and oxygen atoms in total. The number of esters is 1. The maximum absolute atomic E-state index is 12.0. The number of benzene rings is 2. The fraction of sp³-hybridized carbons (Fsp3) is 0.440. The minimum absolute atomic E-state index is 0.329. The monoisotopic (exact) mass is 433 g/mol. The first-order chi connectivity index (χ1) is 15.4. The molecule has 1 aromatic heterocycles. The SMILES string of the molecule is CCOC(=O)c1ccc(-n2nnnc2C2(Nc3cc(C)cc(C)c3)CCC(C)CC2)cc1. The Morgan fingerprint density at radius 1 is 1.12 bits per heavy atom. The van der Waals surface area contributed by atoms with Gasteiger partial charge in [0, 0.05) is 5.69 Å². The lowest BCUT2D eigenvalue weighted by molar-refractivity contribution is 0.0526. The van der Waals surface area contributed by atoms with Crippen molar-refractivity contribution in [3.8, 4) is 5.69 Å². The quantitative estimate of drug-likeness (QED) is 0.553. The summed E-state index contributed by atoms with van der Waals surface area (Å²) in [7, 11) is 0. The van der Waals surface area contributed by atoms with Crippen molar-refractivity contribution in [3.63, 3.8) is 0 Å². The van der Waals surface area contributed by atoms with Crippen molar-refractivity contribution in [2.24, 2.45) is 5.92 Å². The molecule has 1 saturated carbocycles. The number of nitrogens with one attached hydrogen (secondary N) is 1. The predicted molar refractivity (Wildman–Crippen MR) is 124 cm³/mol. The van der Waals surface area contributed by atoms with Crippen LogP contribution in [0.1, 0.15) is 66.8 Å². The second-order valence-electron chi connectivity index (χ2n) is 8.95. The zero-order valence-electron chi connectivity index (χ0n) is 19.3. The van der Waals surface area contributed by atoms with Crippen LogP contribution < -0.4 is 5.32 Å². The highest BCUT2D eigenvalue weighted by atomic mass is 16.5. The third kappa shape index (κ3) is 4.52. The summed E-state index contributed by atoms with van der Waals surface area (Å²) in [5.74, 6) is 1.15. The largest absolute Gasteiger partial charge is 0.462 e. The zero-order valence-corrected chi connectivity index (χ0v) is 19.3. The van der Waals surface area contributed by atoms with E-state index in [1.165, 1.54) is 11.1 Å². The number of nitrogens with zero attached hydrogens (tertiary/aromatic N) is 4. The van der Waals surface area contributed by atoms with Crippen LogP contribution in [0, 0.1) is 19.8 Å². The summed E-state index contributed by atoms with van der Waals surface area (Å²) in [4.78, 5) is 12.0. The number of anilines is 1. The van der Waals surface area contributed by atoms with Crippen LogP contribution >= 0.6 is 0 Å². The van der Waals surface area contributed by atoms with Crippen LogP contribution in [0.2, 0.25) is 0 Å². The van der Waals surface area contributed by atoms with Crippen molar-refractivity contribution >= 4 is 11.7 Å². The lowest BCUT2D eigenvalue weighted by Gasteiger charge is -2.39. The lowest BCUT2D eigenvalue weighted by atomic mass is 9.76. The van der Waals surface area contributed by atoms with Gasteiger partial charge in [-0.25, -0.2) is 4.79 Å². The molecule has 168 valence electrons. The third-order valence-electron chi connectivity index (χ3n) is 6.25. The Bertz CT molecular complexity index is 1060. The minimum atomic E-state index is -0.365. The van der Waals surface area contributed by atoms with Crippen molar-refractivity contribution in [1.82, 2.24) is 20.2 Å². The molecule has 1 fully saturated rings. The average Bonchev–Trinajstić information content (AvgIpc) is 3.26. The summed E-state index contributed by atoms with van der Waals surface area (Å²) in [5, 5.41) is 16.7. The van der Waals surface area contributed by atoms with Crippen molar-refractivity contribution in [2.45, 2.75) is 58.9 Å². The van der Waals surface area contributed by atoms with Gasteiger partial charge in [-0.05, 0) is 110 Å². The van der Waals surface area contributed by atoms with Crippen molar-refractivity contribution in [3.05, 3.63) is 65.0 Å². The van der Waals surface area contributed by atoms with Gasteiger partial charge >= 0.3 is 5.97 Å². The number of ether oxygens (including phenoxy) is 1. The third-order valence-corrected chi connectivity index (χ3v) is 6.25. The maximum Gasteiger partial charge on any atom is 0.338 e. The number of hydrogen-bond acceptors (Lipinski definition) is 6. The van der Waals surface area contributed by atoms with Gasteiger partial charge in [0.2, 0.25) is 0 Å². The van der Waals surface area contributed by atoms with E-state index >= 15 is 0 Å². The first-order valence-corrected chi connectivity index (χ1v) is 11.3. The number of carbonyl (C=O) groups is 1. The summed E-state index contributed by atoms with van der Waals surface area (Å²) in [5.41, 5.74) is 4.50. The molecule has 1 aliphatic rings. The van der Waals surface area contributed by atoms with Gasteiger partial charge in [-0.1, -0.05) is 13.0 Å². The summed E-state index contributed by atoms with van der Waals surface area (Å²) < 4.78 is 6.89. The number of rotatable bonds is 6. The van der Waals surface area contributed by atoms with Crippen molar-refractivity contribution in [2.75, 3.05) is 11.9 Å². The van der Waals surface area contributed by atoms with Gasteiger partial charge < -0.3 is 10.1 Å². The van der Waals surface area contributed by atoms with E-state index in [-0.39, 0.29) is 11.5 Å². The molecule has 1 aliphatic carbocycles. The van der Waals surface area contributed by atoms with E-state index in [1.54, 1.807) is 23.7 Å². The van der Waals surface area contributed by atoms with Crippen LogP contribution in [0.25, 0.3) is 5.69 Å². The maximum atomic E-state index is 12.0. The van der Waals surface area contributed by atoms with Crippen LogP contribution in [0.15, 0.2) is 42.5 Å². The number of aromatic nitrogens is 4. The summed E-state index contributed by atoms with van der Waals surface area (Å²) >= 11 is 0. The zero-order chi connectivity index (χ0) is 22.7. The van der Waals surface area contributed by atoms with Crippen LogP contribution in [0.4, 0.5) is 5.69 Å². The van der Waals surface area contributed by atoms with Gasteiger partial charge in [0.1, 0.15) is 0 Å². The Morgan fingerprint density at radius 2 is 1.78 bits per heavy atom. The summed E-state index contributed by atoms with van der Waals surface area (Å²) in [6.45, 7) is 8.68. The normalized spacial score (nSPS) is 20.7. The van der Waals surface area contributed by atoms with E-state index < -0.39 is 0 Å². The highest BCUT2D eigenvalue weighted by Gasteiger charge is 2.41. The standard InChI is InChI=1S/C25H31N5O2/c1-5-32-23(31)20-6-8-22(9-7-20)30-24(27-28-29-30)25(12-10-17(2)11-13-25)26-21-15-18(3)14-19(4)16-21/h6-9,14-17,26H,5,10-13H2,1-4H3. The Morgan fingerprint density at radius 3 is 2.41 bits per heavy atom. The molecule has 0 amide bonds. The van der Waals surface area contributed by atoms with Crippen molar-refractivity contribution in [1.29, 1.82) is 0 Å². The fourth-order valence-electron chi connectivity index (χ4n) is 4.60. The molecular weight excluding hydrogens is 402 g/mol. The van der Waals surface area contributed by atoms with Gasteiger partial charge in [0.15, 0.2) is 5.82 Å². The lowest BCUT2D eigenvalue weighted by Crippen LogP contribution is -2.41. The Labute approximate surface area is 189 Å². The molecule has 4 rings (SSSR count). The van der Waals surface area contributed by atoms with Crippen LogP contribution in [-0.4, -0.2) is 32.8 Å². The Hall–Kier alpha value is -3.22. The van der Waals surface area contributed by atoms with Crippen molar-refractivity contribution < 1.29 is 9.53 Å². The molecule has 0 radical (unpaired) electrons. The van der Waals surface area contributed by atoms with Gasteiger partial charge in [0.05, 0.1) is 23.4 Å². The van der Waals surface area contributed by atoms with Gasteiger partial charge in [-0.3, -0.25) is 0 Å². The first kappa shape index (κ1) is 22.0. The van der Waals surface area contributed by atoms with E-state index in [9.17, 15) is 4.79 Å². The van der Waals surface area contributed by atoms with Crippen LogP contribution in [0.3, 0.4) is 0 Å². The molecule has 0 aliphatic heterocycles. The molecule has 0 bridgehead atoms. The molecule has 3 aromatic rings. The van der Waals surface area contributed by atoms with Gasteiger partial charge in [-0.15, -0.1) is 5.10 Å².